The van der Waals surface area contributed by atoms with Gasteiger partial charge in [-0.1, -0.05) is 0 Å². The molecular formula is C9H13N3O2. The SMILES string of the molecule is O=c1cc(N2CCCC2CO)nc[nH]1. The number of nitrogens with one attached hydrogen (secondary N) is 1. The van der Waals surface area contributed by atoms with Crippen molar-refractivity contribution in [2.45, 2.75) is 18.9 Å². The Kier molecular flexibility index (Phi) is 2.49. The van der Waals surface area contributed by atoms with E-state index < -0.39 is 0 Å². The molecule has 0 amide bonds. The molecule has 1 aromatic heterocycles. The zero-order chi connectivity index (χ0) is 9.97. The van der Waals surface area contributed by atoms with Crippen LogP contribution < -0.4 is 10.5 Å². The summed E-state index contributed by atoms with van der Waals surface area (Å²) in [5.41, 5.74) is -0.154. The van der Waals surface area contributed by atoms with Gasteiger partial charge < -0.3 is 15.0 Å². The summed E-state index contributed by atoms with van der Waals surface area (Å²) in [6.45, 7) is 0.982. The van der Waals surface area contributed by atoms with Gasteiger partial charge in [0, 0.05) is 12.6 Å². The molecule has 14 heavy (non-hydrogen) atoms. The van der Waals surface area contributed by atoms with Crippen molar-refractivity contribution in [3.05, 3.63) is 22.7 Å². The standard InChI is InChI=1S/C9H13N3O2/c13-5-7-2-1-3-12(7)8-4-9(14)11-6-10-8/h4,6-7,13H,1-3,5H2,(H,10,11,14). The predicted octanol–water partition coefficient (Wildman–Crippen LogP) is -0.269. The lowest BCUT2D eigenvalue weighted by molar-refractivity contribution is 0.266. The highest BCUT2D eigenvalue weighted by Crippen LogP contribution is 2.21. The summed E-state index contributed by atoms with van der Waals surface area (Å²) < 4.78 is 0. The molecule has 1 aliphatic heterocycles. The number of aromatic amines is 1. The fourth-order valence-corrected chi connectivity index (χ4v) is 1.84. The summed E-state index contributed by atoms with van der Waals surface area (Å²) in [5.74, 6) is 0.658. The molecule has 1 unspecified atom stereocenters. The number of nitrogens with zero attached hydrogens (tertiary/aromatic N) is 2. The van der Waals surface area contributed by atoms with Crippen molar-refractivity contribution in [3.8, 4) is 0 Å². The van der Waals surface area contributed by atoms with E-state index in [0.717, 1.165) is 19.4 Å². The van der Waals surface area contributed by atoms with Gasteiger partial charge in [0.15, 0.2) is 0 Å². The van der Waals surface area contributed by atoms with E-state index in [1.165, 1.54) is 12.4 Å². The molecule has 1 atom stereocenters. The Balaban J connectivity index is 2.26. The van der Waals surface area contributed by atoms with Gasteiger partial charge in [-0.15, -0.1) is 0 Å². The molecule has 5 heteroatoms. The molecule has 5 nitrogen and oxygen atoms in total. The van der Waals surface area contributed by atoms with Crippen LogP contribution >= 0.6 is 0 Å². The molecule has 0 aliphatic carbocycles. The normalized spacial score (nSPS) is 21.5. The molecule has 1 fully saturated rings. The van der Waals surface area contributed by atoms with Crippen molar-refractivity contribution < 1.29 is 5.11 Å². The van der Waals surface area contributed by atoms with E-state index in [0.29, 0.717) is 5.82 Å². The van der Waals surface area contributed by atoms with Crippen molar-refractivity contribution in [3.63, 3.8) is 0 Å². The lowest BCUT2D eigenvalue weighted by Gasteiger charge is -2.23. The van der Waals surface area contributed by atoms with E-state index in [1.54, 1.807) is 0 Å². The highest BCUT2D eigenvalue weighted by molar-refractivity contribution is 5.39. The smallest absolute Gasteiger partial charge is 0.252 e. The monoisotopic (exact) mass is 195 g/mol. The van der Waals surface area contributed by atoms with Crippen LogP contribution in [0, 0.1) is 0 Å². The van der Waals surface area contributed by atoms with Crippen molar-refractivity contribution in [2.75, 3.05) is 18.1 Å². The third-order valence-electron chi connectivity index (χ3n) is 2.55. The molecule has 0 bridgehead atoms. The van der Waals surface area contributed by atoms with Crippen molar-refractivity contribution in [1.29, 1.82) is 0 Å². The van der Waals surface area contributed by atoms with Crippen LogP contribution in [0.3, 0.4) is 0 Å². The van der Waals surface area contributed by atoms with Crippen LogP contribution in [0.4, 0.5) is 5.82 Å². The largest absolute Gasteiger partial charge is 0.394 e. The van der Waals surface area contributed by atoms with E-state index in [2.05, 4.69) is 9.97 Å². The van der Waals surface area contributed by atoms with Gasteiger partial charge in [-0.25, -0.2) is 4.98 Å². The molecule has 1 aliphatic rings. The first kappa shape index (κ1) is 9.21. The second-order valence-electron chi connectivity index (χ2n) is 3.44. The minimum atomic E-state index is -0.154. The highest BCUT2D eigenvalue weighted by atomic mass is 16.3. The quantitative estimate of drug-likeness (QED) is 0.681. The van der Waals surface area contributed by atoms with E-state index in [4.69, 9.17) is 5.11 Å². The number of rotatable bonds is 2. The average molecular weight is 195 g/mol. The summed E-state index contributed by atoms with van der Waals surface area (Å²) in [7, 11) is 0. The molecule has 76 valence electrons. The topological polar surface area (TPSA) is 69.2 Å². The first-order valence-corrected chi connectivity index (χ1v) is 4.73. The maximum absolute atomic E-state index is 11.1. The zero-order valence-electron chi connectivity index (χ0n) is 7.81. The van der Waals surface area contributed by atoms with Gasteiger partial charge in [-0.2, -0.15) is 0 Å². The van der Waals surface area contributed by atoms with Gasteiger partial charge in [0.2, 0.25) is 0 Å². The maximum atomic E-state index is 11.1. The van der Waals surface area contributed by atoms with Crippen molar-refractivity contribution in [2.24, 2.45) is 0 Å². The van der Waals surface area contributed by atoms with Crippen LogP contribution in [0.5, 0.6) is 0 Å². The van der Waals surface area contributed by atoms with Crippen molar-refractivity contribution in [1.82, 2.24) is 9.97 Å². The Bertz CT molecular complexity index is 363. The number of aromatic nitrogens is 2. The molecule has 0 spiro atoms. The molecule has 2 N–H and O–H groups in total. The Morgan fingerprint density at radius 1 is 1.71 bits per heavy atom. The number of aliphatic hydroxyl groups excluding tert-OH is 1. The maximum Gasteiger partial charge on any atom is 0.252 e. The molecule has 2 rings (SSSR count). The van der Waals surface area contributed by atoms with Crippen LogP contribution in [0.25, 0.3) is 0 Å². The number of anilines is 1. The van der Waals surface area contributed by atoms with Crippen LogP contribution in [0.1, 0.15) is 12.8 Å². The molecule has 0 saturated carbocycles. The third-order valence-corrected chi connectivity index (χ3v) is 2.55. The van der Waals surface area contributed by atoms with E-state index >= 15 is 0 Å². The molecule has 1 aromatic rings. The lowest BCUT2D eigenvalue weighted by Crippen LogP contribution is -2.33. The summed E-state index contributed by atoms with van der Waals surface area (Å²) in [5, 5.41) is 9.11. The van der Waals surface area contributed by atoms with Crippen LogP contribution in [-0.4, -0.2) is 34.3 Å². The number of aliphatic hydroxyl groups is 1. The van der Waals surface area contributed by atoms with Gasteiger partial charge in [-0.3, -0.25) is 4.79 Å². The first-order valence-electron chi connectivity index (χ1n) is 4.73. The van der Waals surface area contributed by atoms with Crippen LogP contribution in [0.2, 0.25) is 0 Å². The Morgan fingerprint density at radius 2 is 2.57 bits per heavy atom. The summed E-state index contributed by atoms with van der Waals surface area (Å²) in [6, 6.07) is 1.58. The summed E-state index contributed by atoms with van der Waals surface area (Å²) in [6.07, 6.45) is 3.40. The molecule has 1 saturated heterocycles. The van der Waals surface area contributed by atoms with Crippen LogP contribution in [0.15, 0.2) is 17.2 Å². The fraction of sp³-hybridized carbons (Fsp3) is 0.556. The summed E-state index contributed by atoms with van der Waals surface area (Å²) >= 11 is 0. The first-order chi connectivity index (χ1) is 6.81. The fourth-order valence-electron chi connectivity index (χ4n) is 1.84. The number of H-pyrrole nitrogens is 1. The molecule has 0 radical (unpaired) electrons. The van der Waals surface area contributed by atoms with E-state index in [-0.39, 0.29) is 18.2 Å². The Hall–Kier alpha value is -1.36. The molecular weight excluding hydrogens is 182 g/mol. The second-order valence-corrected chi connectivity index (χ2v) is 3.44. The van der Waals surface area contributed by atoms with Gasteiger partial charge in [0.25, 0.3) is 5.56 Å². The lowest BCUT2D eigenvalue weighted by atomic mass is 10.2. The minimum absolute atomic E-state index is 0.115. The van der Waals surface area contributed by atoms with Crippen LogP contribution in [-0.2, 0) is 0 Å². The van der Waals surface area contributed by atoms with E-state index in [9.17, 15) is 4.79 Å². The summed E-state index contributed by atoms with van der Waals surface area (Å²) in [4.78, 5) is 19.6. The Labute approximate surface area is 81.4 Å². The average Bonchev–Trinajstić information content (AvgIpc) is 2.65. The van der Waals surface area contributed by atoms with E-state index in [1.807, 2.05) is 4.90 Å². The van der Waals surface area contributed by atoms with Gasteiger partial charge >= 0.3 is 0 Å². The number of hydrogen-bond donors (Lipinski definition) is 2. The second kappa shape index (κ2) is 3.79. The van der Waals surface area contributed by atoms with Gasteiger partial charge in [0.1, 0.15) is 5.82 Å². The molecule has 2 heterocycles. The van der Waals surface area contributed by atoms with Gasteiger partial charge in [0.05, 0.1) is 19.0 Å². The zero-order valence-corrected chi connectivity index (χ0v) is 7.81. The van der Waals surface area contributed by atoms with Gasteiger partial charge in [-0.05, 0) is 12.8 Å². The highest BCUT2D eigenvalue weighted by Gasteiger charge is 2.24. The Morgan fingerprint density at radius 3 is 3.29 bits per heavy atom. The number of hydrogen-bond acceptors (Lipinski definition) is 4. The van der Waals surface area contributed by atoms with Crippen molar-refractivity contribution >= 4 is 5.82 Å². The molecule has 0 aromatic carbocycles. The minimum Gasteiger partial charge on any atom is -0.394 e. The third kappa shape index (κ3) is 1.63. The predicted molar refractivity (Wildman–Crippen MR) is 52.3 cm³/mol.